The molecule has 96 valence electrons. The van der Waals surface area contributed by atoms with Gasteiger partial charge in [-0.3, -0.25) is 0 Å². The maximum Gasteiger partial charge on any atom is 0.204 e. The summed E-state index contributed by atoms with van der Waals surface area (Å²) < 4.78 is 3.16. The van der Waals surface area contributed by atoms with Crippen LogP contribution in [0.25, 0.3) is 0 Å². The van der Waals surface area contributed by atoms with Gasteiger partial charge in [0.15, 0.2) is 0 Å². The van der Waals surface area contributed by atoms with Crippen LogP contribution in [0.5, 0.6) is 0 Å². The van der Waals surface area contributed by atoms with Crippen molar-refractivity contribution in [2.24, 2.45) is 7.05 Å². The third-order valence-electron chi connectivity index (χ3n) is 2.79. The molecular formula is C13H17BrN4. The lowest BCUT2D eigenvalue weighted by Crippen LogP contribution is -2.15. The van der Waals surface area contributed by atoms with E-state index in [2.05, 4.69) is 30.8 Å². The first kappa shape index (κ1) is 13.0. The molecule has 2 rings (SSSR count). The van der Waals surface area contributed by atoms with E-state index in [9.17, 15) is 0 Å². The highest BCUT2D eigenvalue weighted by Crippen LogP contribution is 2.22. The third kappa shape index (κ3) is 2.67. The number of para-hydroxylation sites is 1. The number of nitrogens with zero attached hydrogens (tertiary/aromatic N) is 3. The van der Waals surface area contributed by atoms with Gasteiger partial charge in [-0.05, 0) is 28.1 Å². The van der Waals surface area contributed by atoms with E-state index in [1.54, 1.807) is 0 Å². The van der Waals surface area contributed by atoms with Crippen LogP contribution in [0.1, 0.15) is 5.69 Å². The van der Waals surface area contributed by atoms with Gasteiger partial charge in [0.25, 0.3) is 0 Å². The topological polar surface area (TPSA) is 33.1 Å². The van der Waals surface area contributed by atoms with E-state index in [0.29, 0.717) is 0 Å². The van der Waals surface area contributed by atoms with Crippen LogP contribution in [0.15, 0.2) is 34.9 Å². The average molecular weight is 309 g/mol. The lowest BCUT2D eigenvalue weighted by atomic mass is 10.3. The van der Waals surface area contributed by atoms with Crippen molar-refractivity contribution in [3.63, 3.8) is 0 Å². The Kier molecular flexibility index (Phi) is 3.91. The Hall–Kier alpha value is -1.49. The molecule has 0 spiro atoms. The molecule has 1 aromatic carbocycles. The van der Waals surface area contributed by atoms with Crippen LogP contribution in [0.3, 0.4) is 0 Å². The summed E-state index contributed by atoms with van der Waals surface area (Å²) in [4.78, 5) is 6.39. The maximum absolute atomic E-state index is 4.39. The number of hydrogen-bond acceptors (Lipinski definition) is 3. The first-order chi connectivity index (χ1) is 8.59. The van der Waals surface area contributed by atoms with Gasteiger partial charge in [-0.15, -0.1) is 0 Å². The quantitative estimate of drug-likeness (QED) is 0.943. The van der Waals surface area contributed by atoms with E-state index in [0.717, 1.165) is 28.3 Å². The van der Waals surface area contributed by atoms with Crippen molar-refractivity contribution in [3.05, 3.63) is 40.6 Å². The highest BCUT2D eigenvalue weighted by Gasteiger charge is 2.08. The van der Waals surface area contributed by atoms with Crippen LogP contribution in [-0.2, 0) is 13.6 Å². The molecule has 5 heteroatoms. The smallest absolute Gasteiger partial charge is 0.204 e. The zero-order valence-corrected chi connectivity index (χ0v) is 12.4. The zero-order chi connectivity index (χ0) is 13.1. The molecule has 0 radical (unpaired) electrons. The van der Waals surface area contributed by atoms with E-state index in [-0.39, 0.29) is 0 Å². The molecule has 0 aliphatic heterocycles. The van der Waals surface area contributed by atoms with Crippen LogP contribution in [0, 0.1) is 0 Å². The number of imidazole rings is 1. The fraction of sp³-hybridized carbons (Fsp3) is 0.308. The molecule has 2 aromatic rings. The standard InChI is InChI=1S/C13H17BrN4/c1-17(2)13-16-9-10(18(13)3)8-15-12-7-5-4-6-11(12)14/h4-7,9,15H,8H2,1-3H3. The number of halogens is 1. The zero-order valence-electron chi connectivity index (χ0n) is 10.8. The molecule has 0 atom stereocenters. The second-order valence-corrected chi connectivity index (χ2v) is 5.19. The summed E-state index contributed by atoms with van der Waals surface area (Å²) in [7, 11) is 6.01. The number of benzene rings is 1. The summed E-state index contributed by atoms with van der Waals surface area (Å²) in [6.45, 7) is 0.750. The molecule has 1 heterocycles. The first-order valence-electron chi connectivity index (χ1n) is 5.76. The minimum Gasteiger partial charge on any atom is -0.378 e. The molecule has 0 unspecified atom stereocenters. The van der Waals surface area contributed by atoms with Gasteiger partial charge in [-0.25, -0.2) is 4.98 Å². The monoisotopic (exact) mass is 308 g/mol. The van der Waals surface area contributed by atoms with Gasteiger partial charge in [0.05, 0.1) is 18.4 Å². The van der Waals surface area contributed by atoms with E-state index in [4.69, 9.17) is 0 Å². The van der Waals surface area contributed by atoms with Gasteiger partial charge >= 0.3 is 0 Å². The van der Waals surface area contributed by atoms with E-state index < -0.39 is 0 Å². The summed E-state index contributed by atoms with van der Waals surface area (Å²) in [5.74, 6) is 0.957. The second kappa shape index (κ2) is 5.44. The predicted molar refractivity (Wildman–Crippen MR) is 79.0 cm³/mol. The molecule has 0 saturated heterocycles. The Morgan fingerprint density at radius 1 is 1.33 bits per heavy atom. The molecule has 0 amide bonds. The lowest BCUT2D eigenvalue weighted by molar-refractivity contribution is 0.814. The van der Waals surface area contributed by atoms with Crippen molar-refractivity contribution in [1.29, 1.82) is 0 Å². The van der Waals surface area contributed by atoms with Crippen molar-refractivity contribution >= 4 is 27.6 Å². The number of anilines is 2. The average Bonchev–Trinajstić information content (AvgIpc) is 2.70. The molecular weight excluding hydrogens is 292 g/mol. The van der Waals surface area contributed by atoms with E-state index in [1.807, 2.05) is 56.5 Å². The molecule has 0 aliphatic rings. The van der Waals surface area contributed by atoms with E-state index in [1.165, 1.54) is 0 Å². The Bertz CT molecular complexity index is 534. The minimum absolute atomic E-state index is 0.750. The fourth-order valence-corrected chi connectivity index (χ4v) is 2.23. The summed E-state index contributed by atoms with van der Waals surface area (Å²) in [5, 5.41) is 3.40. The van der Waals surface area contributed by atoms with Crippen molar-refractivity contribution in [2.45, 2.75) is 6.54 Å². The highest BCUT2D eigenvalue weighted by molar-refractivity contribution is 9.10. The predicted octanol–water partition coefficient (Wildman–Crippen LogP) is 2.86. The molecule has 4 nitrogen and oxygen atoms in total. The minimum atomic E-state index is 0.750. The van der Waals surface area contributed by atoms with Crippen LogP contribution < -0.4 is 10.2 Å². The van der Waals surface area contributed by atoms with Crippen LogP contribution in [0.4, 0.5) is 11.6 Å². The van der Waals surface area contributed by atoms with Gasteiger partial charge in [0.1, 0.15) is 0 Å². The molecule has 0 fully saturated rings. The van der Waals surface area contributed by atoms with Crippen molar-refractivity contribution in [2.75, 3.05) is 24.3 Å². The molecule has 1 aromatic heterocycles. The van der Waals surface area contributed by atoms with Crippen molar-refractivity contribution in [1.82, 2.24) is 9.55 Å². The first-order valence-corrected chi connectivity index (χ1v) is 6.55. The molecule has 1 N–H and O–H groups in total. The molecule has 18 heavy (non-hydrogen) atoms. The second-order valence-electron chi connectivity index (χ2n) is 4.34. The number of nitrogens with one attached hydrogen (secondary N) is 1. The Balaban J connectivity index is 2.09. The Morgan fingerprint density at radius 2 is 2.06 bits per heavy atom. The Labute approximate surface area is 116 Å². The van der Waals surface area contributed by atoms with Gasteiger partial charge in [0.2, 0.25) is 5.95 Å². The Morgan fingerprint density at radius 3 is 2.67 bits per heavy atom. The molecule has 0 bridgehead atoms. The molecule has 0 aliphatic carbocycles. The van der Waals surface area contributed by atoms with Gasteiger partial charge in [-0.1, -0.05) is 12.1 Å². The maximum atomic E-state index is 4.39. The summed E-state index contributed by atoms with van der Waals surface area (Å²) in [6.07, 6.45) is 1.90. The van der Waals surface area contributed by atoms with Crippen molar-refractivity contribution < 1.29 is 0 Å². The molecule has 0 saturated carbocycles. The van der Waals surface area contributed by atoms with Gasteiger partial charge < -0.3 is 14.8 Å². The lowest BCUT2D eigenvalue weighted by Gasteiger charge is -2.13. The number of aromatic nitrogens is 2. The third-order valence-corrected chi connectivity index (χ3v) is 3.49. The normalized spacial score (nSPS) is 10.4. The van der Waals surface area contributed by atoms with Gasteiger partial charge in [0, 0.05) is 31.3 Å². The highest BCUT2D eigenvalue weighted by atomic mass is 79.9. The van der Waals surface area contributed by atoms with Crippen LogP contribution >= 0.6 is 15.9 Å². The van der Waals surface area contributed by atoms with Crippen molar-refractivity contribution in [3.8, 4) is 0 Å². The number of rotatable bonds is 4. The van der Waals surface area contributed by atoms with E-state index >= 15 is 0 Å². The van der Waals surface area contributed by atoms with Crippen LogP contribution in [0.2, 0.25) is 0 Å². The number of hydrogen-bond donors (Lipinski definition) is 1. The summed E-state index contributed by atoms with van der Waals surface area (Å²) >= 11 is 3.52. The summed E-state index contributed by atoms with van der Waals surface area (Å²) in [5.41, 5.74) is 2.24. The SMILES string of the molecule is CN(C)c1ncc(CNc2ccccc2Br)n1C. The van der Waals surface area contributed by atoms with Crippen LogP contribution in [-0.4, -0.2) is 23.6 Å². The largest absolute Gasteiger partial charge is 0.378 e. The fourth-order valence-electron chi connectivity index (χ4n) is 1.80. The van der Waals surface area contributed by atoms with Gasteiger partial charge in [-0.2, -0.15) is 0 Å². The summed E-state index contributed by atoms with van der Waals surface area (Å²) in [6, 6.07) is 8.09.